The smallest absolute Gasteiger partial charge is 0.308 e. The van der Waals surface area contributed by atoms with Gasteiger partial charge in [0.05, 0.1) is 5.92 Å². The van der Waals surface area contributed by atoms with E-state index in [9.17, 15) is 9.90 Å². The number of hydrogen-bond acceptors (Lipinski definition) is 2. The molecule has 1 aliphatic rings. The maximum Gasteiger partial charge on any atom is 0.308 e. The summed E-state index contributed by atoms with van der Waals surface area (Å²) in [4.78, 5) is 13.6. The van der Waals surface area contributed by atoms with E-state index in [0.29, 0.717) is 6.54 Å². The molecule has 18 heavy (non-hydrogen) atoms. The summed E-state index contributed by atoms with van der Waals surface area (Å²) in [6.45, 7) is 6.54. The molecule has 1 aliphatic heterocycles. The van der Waals surface area contributed by atoms with Gasteiger partial charge in [-0.25, -0.2) is 0 Å². The number of nitrogens with zero attached hydrogens (tertiary/aromatic N) is 1. The minimum atomic E-state index is -0.682. The van der Waals surface area contributed by atoms with Gasteiger partial charge >= 0.3 is 5.97 Å². The lowest BCUT2D eigenvalue weighted by molar-refractivity contribution is -0.141. The Kier molecular flexibility index (Phi) is 4.07. The molecular formula is C14H18BrNO2. The second-order valence-corrected chi connectivity index (χ2v) is 5.82. The molecule has 0 saturated carbocycles. The second-order valence-electron chi connectivity index (χ2n) is 4.90. The highest BCUT2D eigenvalue weighted by atomic mass is 79.9. The van der Waals surface area contributed by atoms with Crippen molar-refractivity contribution in [2.45, 2.75) is 19.8 Å². The molecule has 0 spiro atoms. The van der Waals surface area contributed by atoms with E-state index in [-0.39, 0.29) is 11.8 Å². The van der Waals surface area contributed by atoms with Gasteiger partial charge in [-0.15, -0.1) is 0 Å². The molecule has 1 saturated heterocycles. The number of aryl methyl sites for hydroxylation is 1. The fraction of sp³-hybridized carbons (Fsp3) is 0.500. The molecule has 1 N–H and O–H groups in total. The van der Waals surface area contributed by atoms with Crippen molar-refractivity contribution in [2.24, 2.45) is 5.92 Å². The van der Waals surface area contributed by atoms with Crippen molar-refractivity contribution in [1.82, 2.24) is 4.90 Å². The van der Waals surface area contributed by atoms with Crippen molar-refractivity contribution in [3.63, 3.8) is 0 Å². The summed E-state index contributed by atoms with van der Waals surface area (Å²) < 4.78 is 1.04. The molecule has 0 radical (unpaired) electrons. The summed E-state index contributed by atoms with van der Waals surface area (Å²) >= 11 is 3.45. The standard InChI is InChI=1S/C14H18BrNO2/c1-3-16-7-12(13(8-16)14(17)18)11-5-4-10(15)6-9(11)2/h4-6,12-13H,3,7-8H2,1-2H3,(H,17,18). The summed E-state index contributed by atoms with van der Waals surface area (Å²) in [5.74, 6) is -0.862. The molecule has 1 aromatic rings. The number of aliphatic carboxylic acids is 1. The molecule has 1 heterocycles. The Morgan fingerprint density at radius 3 is 2.78 bits per heavy atom. The second kappa shape index (κ2) is 5.41. The number of hydrogen-bond donors (Lipinski definition) is 1. The third-order valence-electron chi connectivity index (χ3n) is 3.79. The first-order valence-electron chi connectivity index (χ1n) is 6.24. The van der Waals surface area contributed by atoms with Gasteiger partial charge in [-0.05, 0) is 36.7 Å². The van der Waals surface area contributed by atoms with Crippen molar-refractivity contribution in [3.05, 3.63) is 33.8 Å². The predicted molar refractivity (Wildman–Crippen MR) is 74.9 cm³/mol. The molecule has 0 aromatic heterocycles. The van der Waals surface area contributed by atoms with Gasteiger partial charge in [-0.2, -0.15) is 0 Å². The highest BCUT2D eigenvalue weighted by Gasteiger charge is 2.38. The molecular weight excluding hydrogens is 294 g/mol. The van der Waals surface area contributed by atoms with Crippen molar-refractivity contribution in [2.75, 3.05) is 19.6 Å². The fourth-order valence-corrected chi connectivity index (χ4v) is 3.24. The first-order valence-corrected chi connectivity index (χ1v) is 7.03. The molecule has 2 unspecified atom stereocenters. The largest absolute Gasteiger partial charge is 0.481 e. The topological polar surface area (TPSA) is 40.5 Å². The zero-order chi connectivity index (χ0) is 13.3. The molecule has 2 atom stereocenters. The lowest BCUT2D eigenvalue weighted by Gasteiger charge is -2.18. The van der Waals surface area contributed by atoms with Crippen LogP contribution in [-0.4, -0.2) is 35.6 Å². The monoisotopic (exact) mass is 311 g/mol. The van der Waals surface area contributed by atoms with Crippen LogP contribution < -0.4 is 0 Å². The zero-order valence-electron chi connectivity index (χ0n) is 10.7. The lowest BCUT2D eigenvalue weighted by Crippen LogP contribution is -2.23. The van der Waals surface area contributed by atoms with E-state index >= 15 is 0 Å². The highest BCUT2D eigenvalue weighted by molar-refractivity contribution is 9.10. The van der Waals surface area contributed by atoms with Crippen molar-refractivity contribution >= 4 is 21.9 Å². The Labute approximate surface area is 116 Å². The predicted octanol–water partition coefficient (Wildman–Crippen LogP) is 2.88. The van der Waals surface area contributed by atoms with E-state index < -0.39 is 5.97 Å². The van der Waals surface area contributed by atoms with Gasteiger partial charge < -0.3 is 10.0 Å². The lowest BCUT2D eigenvalue weighted by atomic mass is 9.86. The van der Waals surface area contributed by atoms with Crippen molar-refractivity contribution in [3.8, 4) is 0 Å². The fourth-order valence-electron chi connectivity index (χ4n) is 2.76. The van der Waals surface area contributed by atoms with Gasteiger partial charge in [0, 0.05) is 23.5 Å². The summed E-state index contributed by atoms with van der Waals surface area (Å²) in [5, 5.41) is 9.37. The normalized spacial score (nSPS) is 24.4. The zero-order valence-corrected chi connectivity index (χ0v) is 12.3. The number of benzene rings is 1. The number of rotatable bonds is 3. The number of carbonyl (C=O) groups is 1. The van der Waals surface area contributed by atoms with E-state index in [1.807, 2.05) is 13.0 Å². The maximum absolute atomic E-state index is 11.4. The maximum atomic E-state index is 11.4. The number of carboxylic acids is 1. The van der Waals surface area contributed by atoms with Crippen LogP contribution in [-0.2, 0) is 4.79 Å². The minimum absolute atomic E-state index is 0.107. The first-order chi connectivity index (χ1) is 8.52. The highest BCUT2D eigenvalue weighted by Crippen LogP contribution is 2.35. The van der Waals surface area contributed by atoms with Crippen LogP contribution in [0.25, 0.3) is 0 Å². The minimum Gasteiger partial charge on any atom is -0.481 e. The third-order valence-corrected chi connectivity index (χ3v) is 4.28. The summed E-state index contributed by atoms with van der Waals surface area (Å²) in [7, 11) is 0. The Morgan fingerprint density at radius 2 is 2.22 bits per heavy atom. The quantitative estimate of drug-likeness (QED) is 0.933. The van der Waals surface area contributed by atoms with Gasteiger partial charge in [0.1, 0.15) is 0 Å². The van der Waals surface area contributed by atoms with Crippen molar-refractivity contribution < 1.29 is 9.90 Å². The van der Waals surface area contributed by atoms with E-state index in [1.54, 1.807) is 0 Å². The molecule has 0 aliphatic carbocycles. The van der Waals surface area contributed by atoms with Crippen LogP contribution in [0.2, 0.25) is 0 Å². The van der Waals surface area contributed by atoms with Crippen LogP contribution in [0.15, 0.2) is 22.7 Å². The molecule has 0 bridgehead atoms. The summed E-state index contributed by atoms with van der Waals surface area (Å²) in [6, 6.07) is 6.11. The molecule has 2 rings (SSSR count). The summed E-state index contributed by atoms with van der Waals surface area (Å²) in [5.41, 5.74) is 2.33. The number of likely N-dealkylation sites (N-methyl/N-ethyl adjacent to an activating group) is 1. The molecule has 3 nitrogen and oxygen atoms in total. The van der Waals surface area contributed by atoms with Crippen LogP contribution in [0.4, 0.5) is 0 Å². The van der Waals surface area contributed by atoms with Gasteiger partial charge in [0.2, 0.25) is 0 Å². The third kappa shape index (κ3) is 2.59. The Morgan fingerprint density at radius 1 is 1.50 bits per heavy atom. The number of halogens is 1. The number of likely N-dealkylation sites (tertiary alicyclic amines) is 1. The number of carboxylic acid groups (broad SMARTS) is 1. The van der Waals surface area contributed by atoms with Gasteiger partial charge in [0.15, 0.2) is 0 Å². The Bertz CT molecular complexity index is 461. The summed E-state index contributed by atoms with van der Waals surface area (Å²) in [6.07, 6.45) is 0. The van der Waals surface area contributed by atoms with E-state index in [2.05, 4.69) is 39.9 Å². The SMILES string of the molecule is CCN1CC(C(=O)O)C(c2ccc(Br)cc2C)C1. The molecule has 0 amide bonds. The van der Waals surface area contributed by atoms with E-state index in [4.69, 9.17) is 0 Å². The van der Waals surface area contributed by atoms with Crippen LogP contribution in [0.5, 0.6) is 0 Å². The first kappa shape index (κ1) is 13.6. The van der Waals surface area contributed by atoms with E-state index in [0.717, 1.165) is 17.6 Å². The van der Waals surface area contributed by atoms with Gasteiger partial charge in [-0.1, -0.05) is 28.9 Å². The Balaban J connectivity index is 2.32. The van der Waals surface area contributed by atoms with Gasteiger partial charge in [0.25, 0.3) is 0 Å². The van der Waals surface area contributed by atoms with Crippen LogP contribution in [0.1, 0.15) is 24.0 Å². The molecule has 4 heteroatoms. The van der Waals surface area contributed by atoms with Crippen molar-refractivity contribution in [1.29, 1.82) is 0 Å². The Hall–Kier alpha value is -0.870. The van der Waals surface area contributed by atoms with Gasteiger partial charge in [-0.3, -0.25) is 4.79 Å². The van der Waals surface area contributed by atoms with Crippen LogP contribution >= 0.6 is 15.9 Å². The molecule has 98 valence electrons. The average Bonchev–Trinajstić information content (AvgIpc) is 2.73. The van der Waals surface area contributed by atoms with Crippen LogP contribution in [0, 0.1) is 12.8 Å². The molecule has 1 aromatic carbocycles. The van der Waals surface area contributed by atoms with Crippen LogP contribution in [0.3, 0.4) is 0 Å². The average molecular weight is 312 g/mol. The molecule has 1 fully saturated rings. The van der Waals surface area contributed by atoms with E-state index in [1.165, 1.54) is 11.1 Å².